The van der Waals surface area contributed by atoms with E-state index in [0.717, 1.165) is 0 Å². The van der Waals surface area contributed by atoms with Crippen molar-refractivity contribution in [3.8, 4) is 0 Å². The third-order valence-electron chi connectivity index (χ3n) is 6.39. The average molecular weight is 501 g/mol. The predicted octanol–water partition coefficient (Wildman–Crippen LogP) is -7.67. The SMILES string of the molecule is NC1COC(CO)(OC2C(CO)OC(O)C(N)C2O)C(OC2OC(CO)C(O)C(O)C2N)C1O. The van der Waals surface area contributed by atoms with Crippen molar-refractivity contribution in [2.75, 3.05) is 26.4 Å². The lowest BCUT2D eigenvalue weighted by Crippen LogP contribution is -2.72. The largest absolute Gasteiger partial charge is 0.394 e. The van der Waals surface area contributed by atoms with Crippen LogP contribution in [-0.2, 0) is 23.7 Å². The highest BCUT2D eigenvalue weighted by atomic mass is 16.8. The van der Waals surface area contributed by atoms with Crippen molar-refractivity contribution in [3.63, 3.8) is 0 Å². The minimum absolute atomic E-state index is 0.331. The number of ether oxygens (including phenoxy) is 5. The molecule has 0 aromatic rings. The van der Waals surface area contributed by atoms with Crippen LogP contribution in [0.5, 0.6) is 0 Å². The van der Waals surface area contributed by atoms with E-state index in [0.29, 0.717) is 0 Å². The van der Waals surface area contributed by atoms with Crippen LogP contribution in [-0.4, -0.2) is 153 Å². The van der Waals surface area contributed by atoms with Gasteiger partial charge in [0, 0.05) is 0 Å². The van der Waals surface area contributed by atoms with E-state index in [9.17, 15) is 40.9 Å². The molecule has 0 aromatic carbocycles. The van der Waals surface area contributed by atoms with Crippen LogP contribution in [0.25, 0.3) is 0 Å². The second kappa shape index (κ2) is 11.2. The molecule has 3 aliphatic heterocycles. The van der Waals surface area contributed by atoms with Gasteiger partial charge in [-0.1, -0.05) is 0 Å². The van der Waals surface area contributed by atoms with E-state index < -0.39 is 105 Å². The molecule has 14 N–H and O–H groups in total. The van der Waals surface area contributed by atoms with Gasteiger partial charge in [0.1, 0.15) is 55.4 Å². The summed E-state index contributed by atoms with van der Waals surface area (Å²) in [6.45, 7) is -2.72. The summed E-state index contributed by atoms with van der Waals surface area (Å²) in [7, 11) is 0. The van der Waals surface area contributed by atoms with Gasteiger partial charge in [0.25, 0.3) is 0 Å². The molecule has 14 unspecified atom stereocenters. The maximum absolute atomic E-state index is 10.8. The Morgan fingerprint density at radius 1 is 0.794 bits per heavy atom. The highest BCUT2D eigenvalue weighted by Gasteiger charge is 2.58. The van der Waals surface area contributed by atoms with Gasteiger partial charge in [0.05, 0.1) is 37.9 Å². The molecule has 0 bridgehead atoms. The lowest BCUT2D eigenvalue weighted by molar-refractivity contribution is -0.403. The standard InChI is InChI=1S/C18H35N3O13/c19-5-3-30-18(4-24,34-14-7(2-23)31-16(29)8(20)13(14)28)15(10(5)25)33-17-9(21)12(27)11(26)6(1-22)32-17/h5-17,22-29H,1-4,19-21H2. The lowest BCUT2D eigenvalue weighted by Gasteiger charge is -2.52. The Morgan fingerprint density at radius 3 is 2.03 bits per heavy atom. The first-order valence-corrected chi connectivity index (χ1v) is 10.8. The van der Waals surface area contributed by atoms with E-state index in [2.05, 4.69) is 0 Å². The second-order valence-electron chi connectivity index (χ2n) is 8.67. The summed E-state index contributed by atoms with van der Waals surface area (Å²) in [4.78, 5) is 0. The molecule has 3 fully saturated rings. The van der Waals surface area contributed by atoms with Crippen LogP contribution in [0.2, 0.25) is 0 Å². The molecule has 0 spiro atoms. The molecule has 16 heteroatoms. The van der Waals surface area contributed by atoms with Gasteiger partial charge in [-0.3, -0.25) is 0 Å². The number of hydrogen-bond acceptors (Lipinski definition) is 16. The zero-order chi connectivity index (χ0) is 25.4. The van der Waals surface area contributed by atoms with E-state index in [1.54, 1.807) is 0 Å². The summed E-state index contributed by atoms with van der Waals surface area (Å²) in [5, 5.41) is 80.7. The van der Waals surface area contributed by atoms with Gasteiger partial charge in [-0.15, -0.1) is 0 Å². The maximum atomic E-state index is 10.8. The van der Waals surface area contributed by atoms with E-state index in [4.69, 9.17) is 40.9 Å². The fraction of sp³-hybridized carbons (Fsp3) is 1.00. The monoisotopic (exact) mass is 501 g/mol. The van der Waals surface area contributed by atoms with Gasteiger partial charge in [-0.05, 0) is 0 Å². The van der Waals surface area contributed by atoms with Crippen LogP contribution >= 0.6 is 0 Å². The average Bonchev–Trinajstić information content (AvgIpc) is 2.83. The molecule has 3 aliphatic rings. The number of hydrogen-bond donors (Lipinski definition) is 11. The molecule has 0 saturated carbocycles. The van der Waals surface area contributed by atoms with Crippen molar-refractivity contribution >= 4 is 0 Å². The Morgan fingerprint density at radius 2 is 1.44 bits per heavy atom. The van der Waals surface area contributed by atoms with Crippen molar-refractivity contribution in [1.29, 1.82) is 0 Å². The summed E-state index contributed by atoms with van der Waals surface area (Å²) in [5.74, 6) is -2.24. The highest BCUT2D eigenvalue weighted by Crippen LogP contribution is 2.36. The van der Waals surface area contributed by atoms with Crippen molar-refractivity contribution < 1.29 is 64.5 Å². The number of aliphatic hydroxyl groups excluding tert-OH is 8. The van der Waals surface area contributed by atoms with Crippen molar-refractivity contribution in [3.05, 3.63) is 0 Å². The zero-order valence-corrected chi connectivity index (χ0v) is 18.2. The molecule has 0 aliphatic carbocycles. The minimum atomic E-state index is -2.24. The van der Waals surface area contributed by atoms with Crippen LogP contribution in [0, 0.1) is 0 Å². The second-order valence-corrected chi connectivity index (χ2v) is 8.67. The molecule has 0 radical (unpaired) electrons. The quantitative estimate of drug-likeness (QED) is 0.154. The maximum Gasteiger partial charge on any atom is 0.222 e. The van der Waals surface area contributed by atoms with Gasteiger partial charge in [0.2, 0.25) is 5.79 Å². The predicted molar refractivity (Wildman–Crippen MR) is 107 cm³/mol. The Bertz CT molecular complexity index is 663. The summed E-state index contributed by atoms with van der Waals surface area (Å²) in [6, 6.07) is -3.75. The molecule has 200 valence electrons. The first-order valence-electron chi connectivity index (χ1n) is 10.8. The molecule has 0 amide bonds. The smallest absolute Gasteiger partial charge is 0.222 e. The van der Waals surface area contributed by atoms with Crippen LogP contribution in [0.15, 0.2) is 0 Å². The van der Waals surface area contributed by atoms with Gasteiger partial charge in [0.15, 0.2) is 12.6 Å². The van der Waals surface area contributed by atoms with Crippen molar-refractivity contribution in [1.82, 2.24) is 0 Å². The summed E-state index contributed by atoms with van der Waals surface area (Å²) >= 11 is 0. The molecule has 3 saturated heterocycles. The fourth-order valence-corrected chi connectivity index (χ4v) is 4.21. The van der Waals surface area contributed by atoms with E-state index in [-0.39, 0.29) is 6.61 Å². The van der Waals surface area contributed by atoms with Crippen LogP contribution in [0.3, 0.4) is 0 Å². The van der Waals surface area contributed by atoms with Gasteiger partial charge < -0.3 is 81.7 Å². The minimum Gasteiger partial charge on any atom is -0.394 e. The molecular weight excluding hydrogens is 466 g/mol. The van der Waals surface area contributed by atoms with Crippen molar-refractivity contribution in [2.45, 2.75) is 85.3 Å². The van der Waals surface area contributed by atoms with Gasteiger partial charge in [-0.25, -0.2) is 0 Å². The first-order chi connectivity index (χ1) is 16.0. The Hall–Kier alpha value is -0.640. The van der Waals surface area contributed by atoms with E-state index in [1.165, 1.54) is 0 Å². The summed E-state index contributed by atoms with van der Waals surface area (Å²) in [5.41, 5.74) is 17.5. The number of aliphatic hydroxyl groups is 8. The Labute approximate surface area is 194 Å². The van der Waals surface area contributed by atoms with E-state index in [1.807, 2.05) is 0 Å². The molecule has 16 nitrogen and oxygen atoms in total. The van der Waals surface area contributed by atoms with Crippen LogP contribution < -0.4 is 17.2 Å². The topological polar surface area (TPSA) is 286 Å². The van der Waals surface area contributed by atoms with Gasteiger partial charge >= 0.3 is 0 Å². The summed E-state index contributed by atoms with van der Waals surface area (Å²) in [6.07, 6.45) is -15.2. The first kappa shape index (κ1) is 27.9. The Balaban J connectivity index is 1.90. The van der Waals surface area contributed by atoms with Crippen LogP contribution in [0.4, 0.5) is 0 Å². The molecule has 3 rings (SSSR count). The third-order valence-corrected chi connectivity index (χ3v) is 6.39. The Kier molecular flexibility index (Phi) is 9.18. The van der Waals surface area contributed by atoms with Crippen LogP contribution in [0.1, 0.15) is 0 Å². The lowest BCUT2D eigenvalue weighted by atomic mass is 9.92. The molecule has 0 aromatic heterocycles. The van der Waals surface area contributed by atoms with Crippen molar-refractivity contribution in [2.24, 2.45) is 17.2 Å². The highest BCUT2D eigenvalue weighted by molar-refractivity contribution is 5.01. The fourth-order valence-electron chi connectivity index (χ4n) is 4.21. The third kappa shape index (κ3) is 5.09. The van der Waals surface area contributed by atoms with Gasteiger partial charge in [-0.2, -0.15) is 0 Å². The molecular formula is C18H35N3O13. The zero-order valence-electron chi connectivity index (χ0n) is 18.2. The number of nitrogens with two attached hydrogens (primary N) is 3. The van der Waals surface area contributed by atoms with E-state index >= 15 is 0 Å². The molecule has 3 heterocycles. The molecule has 14 atom stereocenters. The number of rotatable bonds is 7. The summed E-state index contributed by atoms with van der Waals surface area (Å²) < 4.78 is 27.7. The molecule has 34 heavy (non-hydrogen) atoms. The normalized spacial score (nSPS) is 52.5.